The Morgan fingerprint density at radius 2 is 1.80 bits per heavy atom. The molecule has 0 saturated carbocycles. The van der Waals surface area contributed by atoms with Crippen LogP contribution in [0.1, 0.15) is 28.3 Å². The van der Waals surface area contributed by atoms with E-state index in [0.29, 0.717) is 18.5 Å². The quantitative estimate of drug-likeness (QED) is 0.500. The molecule has 1 atom stereocenters. The molecule has 8 heteroatoms. The second-order valence-electron chi connectivity index (χ2n) is 8.14. The molecule has 1 N–H and O–H groups in total. The molecular weight excluding hydrogens is 453 g/mol. The van der Waals surface area contributed by atoms with E-state index in [0.717, 1.165) is 22.4 Å². The molecule has 0 aromatic heterocycles. The van der Waals surface area contributed by atoms with E-state index >= 15 is 0 Å². The monoisotopic (exact) mass is 479 g/mol. The zero-order chi connectivity index (χ0) is 24.8. The third kappa shape index (κ3) is 5.78. The van der Waals surface area contributed by atoms with Crippen molar-refractivity contribution < 1.29 is 33.3 Å². The van der Waals surface area contributed by atoms with Gasteiger partial charge in [-0.1, -0.05) is 36.4 Å². The minimum Gasteiger partial charge on any atom is -0.497 e. The largest absolute Gasteiger partial charge is 0.497 e. The third-order valence-electron chi connectivity index (χ3n) is 5.87. The first-order valence-electron chi connectivity index (χ1n) is 11.2. The van der Waals surface area contributed by atoms with Crippen LogP contribution in [0.5, 0.6) is 11.5 Å². The second-order valence-corrected chi connectivity index (χ2v) is 8.14. The van der Waals surface area contributed by atoms with E-state index in [1.54, 1.807) is 12.0 Å². The number of hydrogen-bond acceptors (Lipinski definition) is 5. The lowest BCUT2D eigenvalue weighted by Gasteiger charge is -2.38. The fourth-order valence-electron chi connectivity index (χ4n) is 4.24. The summed E-state index contributed by atoms with van der Waals surface area (Å²) in [5.74, 6) is -0.965. The normalized spacial score (nSPS) is 14.8. The van der Waals surface area contributed by atoms with Crippen LogP contribution < -0.4 is 9.47 Å². The van der Waals surface area contributed by atoms with Crippen LogP contribution in [0.4, 0.5) is 4.39 Å². The number of carboxylic acid groups (broad SMARTS) is 1. The lowest BCUT2D eigenvalue weighted by Crippen LogP contribution is -2.42. The van der Waals surface area contributed by atoms with Gasteiger partial charge in [-0.15, -0.1) is 0 Å². The highest BCUT2D eigenvalue weighted by Gasteiger charge is 2.34. The Hall–Kier alpha value is -3.91. The zero-order valence-electron chi connectivity index (χ0n) is 19.3. The van der Waals surface area contributed by atoms with Crippen LogP contribution in [0.3, 0.4) is 0 Å². The molecular formula is C27H26FNO6. The maximum absolute atomic E-state index is 14.3. The van der Waals surface area contributed by atoms with Crippen LogP contribution in [-0.2, 0) is 27.4 Å². The fourth-order valence-corrected chi connectivity index (χ4v) is 4.24. The molecule has 182 valence electrons. The fraction of sp³-hybridized carbons (Fsp3) is 0.259. The summed E-state index contributed by atoms with van der Waals surface area (Å²) in [5.41, 5.74) is 3.16. The van der Waals surface area contributed by atoms with E-state index in [1.807, 2.05) is 48.5 Å². The van der Waals surface area contributed by atoms with Crippen molar-refractivity contribution in [2.45, 2.75) is 19.1 Å². The van der Waals surface area contributed by atoms with Crippen LogP contribution in [0.2, 0.25) is 0 Å². The van der Waals surface area contributed by atoms with Crippen LogP contribution in [-0.4, -0.2) is 48.8 Å². The minimum atomic E-state index is -1.15. The lowest BCUT2D eigenvalue weighted by atomic mass is 9.87. The summed E-state index contributed by atoms with van der Waals surface area (Å²) in [6, 6.07) is 18.3. The standard InChI is InChI=1S/C27H26FNO6/c1-33-21-9-6-18(7-10-21)15-34-16-25(30)29-13-12-19-4-2-3-5-22(19)27(29)23-14-20(28)8-11-24(23)35-17-26(31)32/h2-11,14,27H,12-13,15-17H2,1H3,(H,31,32). The summed E-state index contributed by atoms with van der Waals surface area (Å²) in [6.07, 6.45) is 0.636. The molecule has 1 unspecified atom stereocenters. The second kappa shape index (κ2) is 11.0. The summed E-state index contributed by atoms with van der Waals surface area (Å²) in [5, 5.41) is 9.06. The molecule has 1 aliphatic rings. The topological polar surface area (TPSA) is 85.3 Å². The molecule has 35 heavy (non-hydrogen) atoms. The van der Waals surface area contributed by atoms with E-state index in [2.05, 4.69) is 0 Å². The van der Waals surface area contributed by atoms with E-state index in [-0.39, 0.29) is 24.9 Å². The van der Waals surface area contributed by atoms with Crippen LogP contribution in [0.15, 0.2) is 66.7 Å². The number of ether oxygens (including phenoxy) is 3. The first kappa shape index (κ1) is 24.2. The molecule has 0 fully saturated rings. The molecule has 1 heterocycles. The molecule has 3 aromatic carbocycles. The van der Waals surface area contributed by atoms with Gasteiger partial charge in [0.1, 0.15) is 23.9 Å². The lowest BCUT2D eigenvalue weighted by molar-refractivity contribution is -0.140. The Morgan fingerprint density at radius 1 is 1.03 bits per heavy atom. The van der Waals surface area contributed by atoms with Gasteiger partial charge in [-0.05, 0) is 53.4 Å². The third-order valence-corrected chi connectivity index (χ3v) is 5.87. The smallest absolute Gasteiger partial charge is 0.341 e. The van der Waals surface area contributed by atoms with Gasteiger partial charge < -0.3 is 24.2 Å². The average Bonchev–Trinajstić information content (AvgIpc) is 2.87. The summed E-state index contributed by atoms with van der Waals surface area (Å²) < 4.78 is 30.7. The van der Waals surface area contributed by atoms with Crippen LogP contribution in [0.25, 0.3) is 0 Å². The Bertz CT molecular complexity index is 1200. The van der Waals surface area contributed by atoms with Crippen molar-refractivity contribution in [1.82, 2.24) is 4.90 Å². The Morgan fingerprint density at radius 3 is 2.54 bits per heavy atom. The van der Waals surface area contributed by atoms with Crippen molar-refractivity contribution in [3.63, 3.8) is 0 Å². The van der Waals surface area contributed by atoms with Crippen molar-refractivity contribution in [3.8, 4) is 11.5 Å². The first-order valence-corrected chi connectivity index (χ1v) is 11.2. The number of nitrogens with zero attached hydrogens (tertiary/aromatic N) is 1. The first-order chi connectivity index (χ1) is 17.0. The highest BCUT2D eigenvalue weighted by molar-refractivity contribution is 5.79. The number of carbonyl (C=O) groups excluding carboxylic acids is 1. The molecule has 3 aromatic rings. The minimum absolute atomic E-state index is 0.161. The van der Waals surface area contributed by atoms with Gasteiger partial charge in [-0.2, -0.15) is 0 Å². The average molecular weight is 480 g/mol. The molecule has 4 rings (SSSR count). The van der Waals surface area contributed by atoms with Gasteiger partial charge in [0.25, 0.3) is 0 Å². The van der Waals surface area contributed by atoms with Crippen LogP contribution in [0, 0.1) is 5.82 Å². The number of carbonyl (C=O) groups is 2. The van der Waals surface area contributed by atoms with Gasteiger partial charge in [-0.3, -0.25) is 4.79 Å². The van der Waals surface area contributed by atoms with Gasteiger partial charge in [0.2, 0.25) is 5.91 Å². The highest BCUT2D eigenvalue weighted by atomic mass is 19.1. The van der Waals surface area contributed by atoms with Gasteiger partial charge in [0.15, 0.2) is 6.61 Å². The molecule has 0 saturated heterocycles. The number of carboxylic acids is 1. The Kier molecular flexibility index (Phi) is 7.62. The van der Waals surface area contributed by atoms with E-state index in [1.165, 1.54) is 18.2 Å². The summed E-state index contributed by atoms with van der Waals surface area (Å²) >= 11 is 0. The van der Waals surface area contributed by atoms with Crippen molar-refractivity contribution in [2.75, 3.05) is 26.9 Å². The Labute approximate surface area is 202 Å². The highest BCUT2D eigenvalue weighted by Crippen LogP contribution is 2.39. The number of amides is 1. The van der Waals surface area contributed by atoms with E-state index in [9.17, 15) is 14.0 Å². The molecule has 0 aliphatic carbocycles. The number of rotatable bonds is 9. The van der Waals surface area contributed by atoms with Gasteiger partial charge in [-0.25, -0.2) is 9.18 Å². The molecule has 7 nitrogen and oxygen atoms in total. The van der Waals surface area contributed by atoms with Crippen molar-refractivity contribution in [3.05, 3.63) is 94.8 Å². The zero-order valence-corrected chi connectivity index (χ0v) is 19.3. The molecule has 0 radical (unpaired) electrons. The number of methoxy groups -OCH3 is 1. The van der Waals surface area contributed by atoms with E-state index in [4.69, 9.17) is 19.3 Å². The molecule has 0 bridgehead atoms. The Balaban J connectivity index is 1.58. The van der Waals surface area contributed by atoms with Crippen molar-refractivity contribution in [1.29, 1.82) is 0 Å². The number of aliphatic carboxylic acids is 1. The van der Waals surface area contributed by atoms with Crippen LogP contribution >= 0.6 is 0 Å². The molecule has 1 amide bonds. The summed E-state index contributed by atoms with van der Waals surface area (Å²) in [4.78, 5) is 26.0. The molecule has 1 aliphatic heterocycles. The van der Waals surface area contributed by atoms with Gasteiger partial charge in [0, 0.05) is 12.1 Å². The SMILES string of the molecule is COc1ccc(COCC(=O)N2CCc3ccccc3C2c2cc(F)ccc2OCC(=O)O)cc1. The number of hydrogen-bond donors (Lipinski definition) is 1. The summed E-state index contributed by atoms with van der Waals surface area (Å²) in [6.45, 7) is -0.0870. The van der Waals surface area contributed by atoms with Crippen molar-refractivity contribution in [2.24, 2.45) is 0 Å². The summed E-state index contributed by atoms with van der Waals surface area (Å²) in [7, 11) is 1.59. The van der Waals surface area contributed by atoms with Crippen molar-refractivity contribution >= 4 is 11.9 Å². The van der Waals surface area contributed by atoms with E-state index < -0.39 is 24.4 Å². The predicted octanol–water partition coefficient (Wildman–Crippen LogP) is 3.99. The number of benzene rings is 3. The maximum atomic E-state index is 14.3. The van der Waals surface area contributed by atoms with Gasteiger partial charge in [0.05, 0.1) is 19.8 Å². The predicted molar refractivity (Wildman–Crippen MR) is 126 cm³/mol. The molecule has 0 spiro atoms. The number of halogens is 1. The van der Waals surface area contributed by atoms with Gasteiger partial charge >= 0.3 is 5.97 Å². The maximum Gasteiger partial charge on any atom is 0.341 e. The number of fused-ring (bicyclic) bond motifs is 1.